The summed E-state index contributed by atoms with van der Waals surface area (Å²) < 4.78 is 3.87. The number of β-amino-alcohol motifs (C(OH)–C–C–N with tert-alkyl or cyclic N) is 1. The molecule has 13 nitrogen and oxygen atoms in total. The Morgan fingerprint density at radius 3 is 2.42 bits per heavy atom. The number of nitrogens with zero attached hydrogens (tertiary/aromatic N) is 8. The van der Waals surface area contributed by atoms with Crippen molar-refractivity contribution in [2.75, 3.05) is 19.6 Å². The summed E-state index contributed by atoms with van der Waals surface area (Å²) in [5, 5.41) is 24.1. The SMILES string of the molecule is Cc1ncsc1-c1ccc([C@H](C)NC(=O)[C@@H]2C[C@@H](O)CN2C(=O)[C@@H](n2cc(C3CC4(C3)CC(N3CCC(c5ccc6c(c5)-n5c(nc(=O)c7c(Cl)cccc75)C6(C)C)CC3)C4)nn2)C(C)(C)C)cc1. The summed E-state index contributed by atoms with van der Waals surface area (Å²) in [5.41, 5.74) is 9.34. The first-order valence-electron chi connectivity index (χ1n) is 24.7. The fraction of sp³-hybridized carbons (Fsp3) is 0.500. The van der Waals surface area contributed by atoms with Crippen LogP contribution in [0.1, 0.15) is 144 Å². The van der Waals surface area contributed by atoms with E-state index in [-0.39, 0.29) is 36.4 Å². The number of aliphatic hydroxyl groups is 1. The molecule has 360 valence electrons. The Balaban J connectivity index is 0.700. The Kier molecular flexibility index (Phi) is 11.3. The molecule has 2 N–H and O–H groups in total. The van der Waals surface area contributed by atoms with Crippen molar-refractivity contribution >= 4 is 45.7 Å². The lowest BCUT2D eigenvalue weighted by Crippen LogP contribution is -2.57. The minimum absolute atomic E-state index is 0.0869. The molecule has 15 heteroatoms. The van der Waals surface area contributed by atoms with E-state index in [0.717, 1.165) is 83.2 Å². The Morgan fingerprint density at radius 2 is 1.72 bits per heavy atom. The van der Waals surface area contributed by atoms with Crippen molar-refractivity contribution in [1.82, 2.24) is 44.6 Å². The first-order chi connectivity index (χ1) is 32.9. The average molecular weight is 969 g/mol. The molecule has 69 heavy (non-hydrogen) atoms. The summed E-state index contributed by atoms with van der Waals surface area (Å²) >= 11 is 8.15. The molecule has 4 fully saturated rings. The Bertz CT molecular complexity index is 3040. The summed E-state index contributed by atoms with van der Waals surface area (Å²) in [6, 6.07) is 19.4. The highest BCUT2D eigenvalue weighted by molar-refractivity contribution is 7.13. The van der Waals surface area contributed by atoms with Gasteiger partial charge in [0.1, 0.15) is 17.9 Å². The molecule has 2 saturated carbocycles. The van der Waals surface area contributed by atoms with E-state index >= 15 is 0 Å². The van der Waals surface area contributed by atoms with Crippen molar-refractivity contribution in [2.24, 2.45) is 10.8 Å². The molecule has 3 aliphatic heterocycles. The maximum atomic E-state index is 14.6. The number of halogens is 1. The molecular formula is C54H62ClN9O4S. The molecule has 6 aromatic rings. The first-order valence-corrected chi connectivity index (χ1v) is 26.0. The maximum Gasteiger partial charge on any atom is 0.282 e. The number of likely N-dealkylation sites (tertiary alicyclic amines) is 2. The van der Waals surface area contributed by atoms with Gasteiger partial charge < -0.3 is 20.2 Å². The van der Waals surface area contributed by atoms with Crippen molar-refractivity contribution in [3.8, 4) is 16.1 Å². The average Bonchev–Trinajstić information content (AvgIpc) is 4.08. The van der Waals surface area contributed by atoms with Gasteiger partial charge in [0.2, 0.25) is 11.8 Å². The van der Waals surface area contributed by atoms with Crippen molar-refractivity contribution in [1.29, 1.82) is 0 Å². The van der Waals surface area contributed by atoms with E-state index < -0.39 is 29.0 Å². The number of amides is 2. The molecule has 11 rings (SSSR count). The molecule has 6 heterocycles. The highest BCUT2D eigenvalue weighted by atomic mass is 35.5. The number of piperidine rings is 1. The second kappa shape index (κ2) is 17.0. The molecule has 0 bridgehead atoms. The molecule has 3 aromatic heterocycles. The lowest BCUT2D eigenvalue weighted by molar-refractivity contribution is -0.144. The minimum atomic E-state index is -0.802. The lowest BCUT2D eigenvalue weighted by atomic mass is 9.49. The van der Waals surface area contributed by atoms with Crippen LogP contribution >= 0.6 is 22.9 Å². The van der Waals surface area contributed by atoms with Crippen molar-refractivity contribution in [2.45, 2.75) is 141 Å². The van der Waals surface area contributed by atoms with Gasteiger partial charge in [-0.1, -0.05) is 80.1 Å². The first kappa shape index (κ1) is 46.1. The topological polar surface area (TPSA) is 151 Å². The van der Waals surface area contributed by atoms with Crippen molar-refractivity contribution < 1.29 is 14.7 Å². The summed E-state index contributed by atoms with van der Waals surface area (Å²) in [4.78, 5) is 56.0. The third-order valence-electron chi connectivity index (χ3n) is 16.5. The highest BCUT2D eigenvalue weighted by Gasteiger charge is 2.55. The number of nitrogens with one attached hydrogen (secondary N) is 1. The van der Waals surface area contributed by atoms with Crippen LogP contribution in [0, 0.1) is 17.8 Å². The molecule has 5 aliphatic rings. The van der Waals surface area contributed by atoms with Gasteiger partial charge in [-0.15, -0.1) is 16.4 Å². The number of rotatable bonds is 9. The van der Waals surface area contributed by atoms with E-state index in [1.165, 1.54) is 24.0 Å². The van der Waals surface area contributed by atoms with Crippen LogP contribution in [-0.4, -0.2) is 94.1 Å². The quantitative estimate of drug-likeness (QED) is 0.145. The van der Waals surface area contributed by atoms with Gasteiger partial charge in [0.05, 0.1) is 60.9 Å². The molecule has 2 aliphatic carbocycles. The fourth-order valence-corrected chi connectivity index (χ4v) is 13.8. The van der Waals surface area contributed by atoms with Crippen LogP contribution in [0.5, 0.6) is 0 Å². The van der Waals surface area contributed by atoms with Gasteiger partial charge in [-0.2, -0.15) is 4.98 Å². The van der Waals surface area contributed by atoms with Crippen LogP contribution in [-0.2, 0) is 15.0 Å². The van der Waals surface area contributed by atoms with E-state index in [0.29, 0.717) is 33.7 Å². The number of benzene rings is 3. The number of thiazole rings is 1. The smallest absolute Gasteiger partial charge is 0.282 e. The van der Waals surface area contributed by atoms with Crippen LogP contribution in [0.25, 0.3) is 27.0 Å². The maximum absolute atomic E-state index is 14.6. The van der Waals surface area contributed by atoms with Crippen molar-refractivity contribution in [3.05, 3.63) is 122 Å². The predicted molar refractivity (Wildman–Crippen MR) is 269 cm³/mol. The molecular weight excluding hydrogens is 906 g/mol. The van der Waals surface area contributed by atoms with Gasteiger partial charge in [0.15, 0.2) is 0 Å². The van der Waals surface area contributed by atoms with Gasteiger partial charge in [0.25, 0.3) is 5.56 Å². The van der Waals surface area contributed by atoms with Gasteiger partial charge in [-0.25, -0.2) is 9.67 Å². The molecule has 4 atom stereocenters. The van der Waals surface area contributed by atoms with Crippen LogP contribution in [0.2, 0.25) is 5.02 Å². The Labute approximate surface area is 412 Å². The molecule has 1 spiro atoms. The summed E-state index contributed by atoms with van der Waals surface area (Å²) in [6.45, 7) is 16.5. The van der Waals surface area contributed by atoms with E-state index in [1.807, 2.05) is 82.7 Å². The Hall–Kier alpha value is -5.28. The zero-order valence-electron chi connectivity index (χ0n) is 40.6. The van der Waals surface area contributed by atoms with Gasteiger partial charge in [-0.05, 0) is 137 Å². The largest absolute Gasteiger partial charge is 0.391 e. The number of hydrogen-bond acceptors (Lipinski definition) is 10. The minimum Gasteiger partial charge on any atom is -0.391 e. The number of aliphatic hydroxyl groups excluding tert-OH is 1. The normalized spacial score (nSPS) is 25.3. The van der Waals surface area contributed by atoms with Crippen molar-refractivity contribution in [3.63, 3.8) is 0 Å². The van der Waals surface area contributed by atoms with Gasteiger partial charge >= 0.3 is 0 Å². The number of aromatic nitrogens is 6. The molecule has 2 amide bonds. The number of carbonyl (C=O) groups excluding carboxylic acids is 2. The summed E-state index contributed by atoms with van der Waals surface area (Å²) in [7, 11) is 0. The standard InChI is InChI=1S/C54H62ClN9O4S/c1-30(32-11-13-34(14-12-32)46-31(2)56-29-69-46)57-48(66)44-22-38(65)27-62(44)50(68)47(52(3,4)5)63-28-41(59-60-63)36-23-54(24-36)25-37(26-54)61-19-17-33(18-20-61)35-15-16-39-43(21-35)64-42-10-8-9-40(55)45(42)49(67)58-51(64)53(39,6)7/h8-16,21,28-30,33,36-38,44,47,65H,17-20,22-27H2,1-7H3,(H,57,66)/t30-,36?,37?,38+,44-,47+,54?/m0/s1. The summed E-state index contributed by atoms with van der Waals surface area (Å²) in [5.74, 6) is 1.01. The third kappa shape index (κ3) is 7.93. The number of carbonyl (C=O) groups is 2. The molecule has 3 aromatic carbocycles. The predicted octanol–water partition coefficient (Wildman–Crippen LogP) is 9.03. The van der Waals surface area contributed by atoms with Crippen LogP contribution < -0.4 is 10.9 Å². The van der Waals surface area contributed by atoms with Gasteiger partial charge in [0, 0.05) is 31.1 Å². The molecule has 2 saturated heterocycles. The summed E-state index contributed by atoms with van der Waals surface area (Å²) in [6.07, 6.45) is 8.11. The zero-order chi connectivity index (χ0) is 48.3. The van der Waals surface area contributed by atoms with Crippen LogP contribution in [0.4, 0.5) is 0 Å². The van der Waals surface area contributed by atoms with Crippen LogP contribution in [0.15, 0.2) is 77.2 Å². The van der Waals surface area contributed by atoms with Gasteiger partial charge in [-0.3, -0.25) is 19.0 Å². The van der Waals surface area contributed by atoms with Crippen LogP contribution in [0.3, 0.4) is 0 Å². The molecule has 0 unspecified atom stereocenters. The Morgan fingerprint density at radius 1 is 0.986 bits per heavy atom. The van der Waals surface area contributed by atoms with E-state index in [2.05, 4.69) is 67.1 Å². The second-order valence-corrected chi connectivity index (χ2v) is 23.8. The second-order valence-electron chi connectivity index (χ2n) is 22.5. The fourth-order valence-electron chi connectivity index (χ4n) is 12.7. The van der Waals surface area contributed by atoms with E-state index in [1.54, 1.807) is 27.0 Å². The van der Waals surface area contributed by atoms with E-state index in [9.17, 15) is 19.5 Å². The monoisotopic (exact) mass is 967 g/mol. The lowest BCUT2D eigenvalue weighted by Gasteiger charge is -2.60. The third-order valence-corrected chi connectivity index (χ3v) is 17.8. The van der Waals surface area contributed by atoms with E-state index in [4.69, 9.17) is 11.6 Å². The zero-order valence-corrected chi connectivity index (χ0v) is 42.1. The number of fused-ring (bicyclic) bond motifs is 5. The number of aryl methyl sites for hydroxylation is 1. The highest BCUT2D eigenvalue weighted by Crippen LogP contribution is 2.63. The molecule has 0 radical (unpaired) electrons. The number of hydrogen-bond donors (Lipinski definition) is 2.